The zero-order chi connectivity index (χ0) is 6.69. The molecule has 0 bridgehead atoms. The highest BCUT2D eigenvalue weighted by atomic mass is 16.5. The van der Waals surface area contributed by atoms with Gasteiger partial charge in [0, 0.05) is 0 Å². The molecule has 0 saturated carbocycles. The molecule has 0 fully saturated rings. The largest absolute Gasteiger partial charge is 0.288 e. The van der Waals surface area contributed by atoms with Gasteiger partial charge in [0.15, 0.2) is 0 Å². The zero-order valence-electron chi connectivity index (χ0n) is 4.95. The van der Waals surface area contributed by atoms with Crippen molar-refractivity contribution in [3.8, 4) is 0 Å². The molecular formula is C6H8NO2. The highest BCUT2D eigenvalue weighted by Gasteiger charge is 2.05. The van der Waals surface area contributed by atoms with Gasteiger partial charge < -0.3 is 0 Å². The van der Waals surface area contributed by atoms with Gasteiger partial charge in [0.1, 0.15) is 6.61 Å². The lowest BCUT2D eigenvalue weighted by atomic mass is 10.3. The van der Waals surface area contributed by atoms with Crippen molar-refractivity contribution >= 4 is 0 Å². The number of rotatable bonds is 1. The van der Waals surface area contributed by atoms with Crippen molar-refractivity contribution in [2.45, 2.75) is 0 Å². The van der Waals surface area contributed by atoms with Crippen LogP contribution in [0.5, 0.6) is 0 Å². The van der Waals surface area contributed by atoms with Gasteiger partial charge in [0.25, 0.3) is 0 Å². The maximum atomic E-state index is 10.2. The summed E-state index contributed by atoms with van der Waals surface area (Å²) >= 11 is 0. The van der Waals surface area contributed by atoms with Crippen molar-refractivity contribution in [1.29, 1.82) is 0 Å². The molecule has 0 unspecified atom stereocenters. The lowest BCUT2D eigenvalue weighted by molar-refractivity contribution is -0.0583. The molecule has 0 aromatic carbocycles. The van der Waals surface area contributed by atoms with E-state index >= 15 is 0 Å². The number of hydrogen-bond acceptors (Lipinski definition) is 2. The van der Waals surface area contributed by atoms with Crippen LogP contribution in [0.25, 0.3) is 0 Å². The van der Waals surface area contributed by atoms with Gasteiger partial charge in [0.05, 0.1) is 12.2 Å². The Morgan fingerprint density at radius 2 is 2.56 bits per heavy atom. The number of hydroxylamine groups is 2. The fourth-order valence-electron chi connectivity index (χ4n) is 0.666. The molecule has 0 aromatic rings. The molecule has 1 radical (unpaired) electrons. The molecule has 1 N–H and O–H groups in total. The van der Waals surface area contributed by atoms with Crippen LogP contribution in [0.4, 0.5) is 0 Å². The Morgan fingerprint density at radius 3 is 3.00 bits per heavy atom. The highest BCUT2D eigenvalue weighted by Crippen LogP contribution is 2.04. The predicted octanol–water partition coefficient (Wildman–Crippen LogP) is 0.562. The second kappa shape index (κ2) is 2.66. The molecule has 1 aliphatic heterocycles. The van der Waals surface area contributed by atoms with Gasteiger partial charge in [0.2, 0.25) is 0 Å². The molecule has 0 aromatic heterocycles. The van der Waals surface area contributed by atoms with E-state index in [2.05, 4.69) is 0 Å². The van der Waals surface area contributed by atoms with Gasteiger partial charge in [-0.1, -0.05) is 12.2 Å². The second-order valence-corrected chi connectivity index (χ2v) is 1.81. The van der Waals surface area contributed by atoms with Crippen LogP contribution in [0.3, 0.4) is 0 Å². The molecule has 49 valence electrons. The van der Waals surface area contributed by atoms with Crippen molar-refractivity contribution in [2.24, 2.45) is 0 Å². The Kier molecular flexibility index (Phi) is 1.87. The van der Waals surface area contributed by atoms with Gasteiger partial charge in [-0.3, -0.25) is 10.3 Å². The molecular weight excluding hydrogens is 118 g/mol. The Labute approximate surface area is 53.5 Å². The van der Waals surface area contributed by atoms with Crippen molar-refractivity contribution in [3.05, 3.63) is 23.9 Å². The summed E-state index contributed by atoms with van der Waals surface area (Å²) in [6, 6.07) is 0. The topological polar surface area (TPSA) is 43.4 Å². The second-order valence-electron chi connectivity index (χ2n) is 1.81. The maximum absolute atomic E-state index is 10.2. The summed E-state index contributed by atoms with van der Waals surface area (Å²) in [5.41, 5.74) is 0.428. The third-order valence-electron chi connectivity index (χ3n) is 1.18. The van der Waals surface area contributed by atoms with Crippen LogP contribution in [-0.4, -0.2) is 23.4 Å². The molecule has 0 amide bonds. The summed E-state index contributed by atoms with van der Waals surface area (Å²) < 4.78 is 0. The molecule has 0 atom stereocenters. The Hall–Kier alpha value is -0.800. The van der Waals surface area contributed by atoms with Crippen LogP contribution in [0.1, 0.15) is 0 Å². The van der Waals surface area contributed by atoms with E-state index in [0.29, 0.717) is 12.2 Å². The van der Waals surface area contributed by atoms with Crippen molar-refractivity contribution < 1.29 is 10.3 Å². The lowest BCUT2D eigenvalue weighted by Crippen LogP contribution is -2.22. The van der Waals surface area contributed by atoms with E-state index in [0.717, 1.165) is 5.06 Å². The lowest BCUT2D eigenvalue weighted by Gasteiger charge is -2.17. The fraction of sp³-hybridized carbons (Fsp3) is 0.333. The number of hydrogen-bond donors (Lipinski definition) is 1. The smallest absolute Gasteiger partial charge is 0.124 e. The first kappa shape index (κ1) is 6.32. The van der Waals surface area contributed by atoms with Gasteiger partial charge in [-0.05, 0) is 6.08 Å². The van der Waals surface area contributed by atoms with Crippen LogP contribution in [0, 0.1) is 0 Å². The van der Waals surface area contributed by atoms with E-state index in [-0.39, 0.29) is 6.61 Å². The van der Waals surface area contributed by atoms with Gasteiger partial charge in [-0.15, -0.1) is 0 Å². The van der Waals surface area contributed by atoms with Gasteiger partial charge in [-0.2, -0.15) is 0 Å². The summed E-state index contributed by atoms with van der Waals surface area (Å²) in [4.78, 5) is 0. The first-order valence-electron chi connectivity index (χ1n) is 2.75. The normalized spacial score (nSPS) is 18.0. The quantitative estimate of drug-likeness (QED) is 0.558. The first-order chi connectivity index (χ1) is 4.34. The molecule has 9 heavy (non-hydrogen) atoms. The number of nitrogens with zero attached hydrogens (tertiary/aromatic N) is 1. The molecule has 0 spiro atoms. The summed E-state index contributed by atoms with van der Waals surface area (Å²) in [6.45, 7) is 0.0644. The predicted molar refractivity (Wildman–Crippen MR) is 31.3 cm³/mol. The summed E-state index contributed by atoms with van der Waals surface area (Å²) in [6.07, 6.45) is 5.15. The van der Waals surface area contributed by atoms with Crippen molar-refractivity contribution in [2.75, 3.05) is 13.2 Å². The summed E-state index contributed by atoms with van der Waals surface area (Å²) in [7, 11) is 0. The molecule has 3 heteroatoms. The minimum atomic E-state index is -0.360. The average Bonchev–Trinajstić information content (AvgIpc) is 1.89. The van der Waals surface area contributed by atoms with Crippen LogP contribution in [-0.2, 0) is 5.11 Å². The average molecular weight is 126 g/mol. The summed E-state index contributed by atoms with van der Waals surface area (Å²) in [5.74, 6) is 0. The van der Waals surface area contributed by atoms with E-state index < -0.39 is 0 Å². The van der Waals surface area contributed by atoms with E-state index in [1.807, 2.05) is 0 Å². The molecule has 1 aliphatic rings. The minimum absolute atomic E-state index is 0.360. The fourth-order valence-corrected chi connectivity index (χ4v) is 0.666. The number of allylic oxidation sites excluding steroid dienone is 2. The van der Waals surface area contributed by atoms with E-state index in [1.54, 1.807) is 18.2 Å². The SMILES string of the molecule is [O]CC1=CC=CCN1O. The highest BCUT2D eigenvalue weighted by molar-refractivity contribution is 5.15. The van der Waals surface area contributed by atoms with Crippen LogP contribution >= 0.6 is 0 Å². The van der Waals surface area contributed by atoms with E-state index in [9.17, 15) is 5.11 Å². The Balaban J connectivity index is 2.63. The van der Waals surface area contributed by atoms with E-state index in [4.69, 9.17) is 5.21 Å². The molecule has 3 nitrogen and oxygen atoms in total. The third-order valence-corrected chi connectivity index (χ3v) is 1.18. The molecule has 1 rings (SSSR count). The molecule has 1 heterocycles. The monoisotopic (exact) mass is 126 g/mol. The van der Waals surface area contributed by atoms with Crippen molar-refractivity contribution in [3.63, 3.8) is 0 Å². The minimum Gasteiger partial charge on any atom is -0.288 e. The molecule has 0 saturated heterocycles. The summed E-state index contributed by atoms with van der Waals surface area (Å²) in [5, 5.41) is 20.0. The standard InChI is InChI=1S/C6H8NO2/c8-5-6-3-1-2-4-7(6)9/h1-3,9H,4-5H2. The third kappa shape index (κ3) is 1.31. The zero-order valence-corrected chi connectivity index (χ0v) is 4.95. The van der Waals surface area contributed by atoms with Crippen LogP contribution in [0.2, 0.25) is 0 Å². The van der Waals surface area contributed by atoms with Gasteiger partial charge in [-0.25, -0.2) is 5.11 Å². The Bertz CT molecular complexity index is 151. The van der Waals surface area contributed by atoms with E-state index in [1.165, 1.54) is 0 Å². The molecule has 0 aliphatic carbocycles. The Morgan fingerprint density at radius 1 is 1.78 bits per heavy atom. The first-order valence-corrected chi connectivity index (χ1v) is 2.75. The van der Waals surface area contributed by atoms with Crippen molar-refractivity contribution in [1.82, 2.24) is 5.06 Å². The van der Waals surface area contributed by atoms with Gasteiger partial charge >= 0.3 is 0 Å². The van der Waals surface area contributed by atoms with Crippen LogP contribution < -0.4 is 0 Å². The van der Waals surface area contributed by atoms with Crippen LogP contribution in [0.15, 0.2) is 23.9 Å². The maximum Gasteiger partial charge on any atom is 0.124 e.